The number of rotatable bonds is 8. The quantitative estimate of drug-likeness (QED) is 0.530. The van der Waals surface area contributed by atoms with Gasteiger partial charge in [0.25, 0.3) is 0 Å². The molecule has 0 aliphatic heterocycles. The largest absolute Gasteiger partial charge is 0.494 e. The van der Waals surface area contributed by atoms with E-state index in [0.29, 0.717) is 18.1 Å². The van der Waals surface area contributed by atoms with E-state index >= 15 is 0 Å². The molecule has 0 fully saturated rings. The number of sulfone groups is 1. The van der Waals surface area contributed by atoms with Gasteiger partial charge in [-0.15, -0.1) is 0 Å². The van der Waals surface area contributed by atoms with Gasteiger partial charge in [-0.3, -0.25) is 4.79 Å². The van der Waals surface area contributed by atoms with Crippen LogP contribution in [-0.4, -0.2) is 26.7 Å². The van der Waals surface area contributed by atoms with Crippen molar-refractivity contribution < 1.29 is 22.7 Å². The summed E-state index contributed by atoms with van der Waals surface area (Å²) in [5.41, 5.74) is 0.977. The molecule has 5 nitrogen and oxygen atoms in total. The fraction of sp³-hybridized carbons (Fsp3) is 0.316. The predicted octanol–water partition coefficient (Wildman–Crippen LogP) is 3.55. The zero-order chi connectivity index (χ0) is 18.3. The van der Waals surface area contributed by atoms with Crippen molar-refractivity contribution in [3.63, 3.8) is 0 Å². The Balaban J connectivity index is 1.88. The maximum absolute atomic E-state index is 12.2. The van der Waals surface area contributed by atoms with Crippen molar-refractivity contribution in [3.8, 4) is 11.5 Å². The molecule has 0 amide bonds. The molecule has 6 heteroatoms. The van der Waals surface area contributed by atoms with Gasteiger partial charge in [0.1, 0.15) is 11.5 Å². The highest BCUT2D eigenvalue weighted by Gasteiger charge is 2.17. The molecule has 25 heavy (non-hydrogen) atoms. The second-order valence-electron chi connectivity index (χ2n) is 5.68. The number of carbonyl (C=O) groups excluding carboxylic acids is 1. The van der Waals surface area contributed by atoms with Gasteiger partial charge in [-0.25, -0.2) is 8.42 Å². The van der Waals surface area contributed by atoms with E-state index in [0.717, 1.165) is 12.0 Å². The van der Waals surface area contributed by atoms with Gasteiger partial charge in [-0.2, -0.15) is 0 Å². The average molecular weight is 362 g/mol. The summed E-state index contributed by atoms with van der Waals surface area (Å²) in [5.74, 6) is 0.190. The molecule has 2 aromatic carbocycles. The van der Waals surface area contributed by atoms with Gasteiger partial charge >= 0.3 is 5.97 Å². The summed E-state index contributed by atoms with van der Waals surface area (Å²) in [7, 11) is -3.50. The molecule has 0 radical (unpaired) electrons. The highest BCUT2D eigenvalue weighted by Crippen LogP contribution is 2.19. The van der Waals surface area contributed by atoms with E-state index in [4.69, 9.17) is 9.47 Å². The zero-order valence-electron chi connectivity index (χ0n) is 14.4. The summed E-state index contributed by atoms with van der Waals surface area (Å²) in [6, 6.07) is 13.2. The van der Waals surface area contributed by atoms with Crippen molar-refractivity contribution in [2.45, 2.75) is 31.6 Å². The second kappa shape index (κ2) is 8.67. The Hall–Kier alpha value is -2.34. The molecule has 134 valence electrons. The van der Waals surface area contributed by atoms with Crippen LogP contribution >= 0.6 is 0 Å². The van der Waals surface area contributed by atoms with Crippen LogP contribution in [0.2, 0.25) is 0 Å². The van der Waals surface area contributed by atoms with Crippen LogP contribution in [0.3, 0.4) is 0 Å². The monoisotopic (exact) mass is 362 g/mol. The minimum absolute atomic E-state index is 0.204. The molecule has 2 aromatic rings. The van der Waals surface area contributed by atoms with Gasteiger partial charge in [0.15, 0.2) is 9.84 Å². The maximum Gasteiger partial charge on any atom is 0.312 e. The Morgan fingerprint density at radius 3 is 2.16 bits per heavy atom. The fourth-order valence-electron chi connectivity index (χ4n) is 2.09. The zero-order valence-corrected chi connectivity index (χ0v) is 15.2. The van der Waals surface area contributed by atoms with E-state index in [1.54, 1.807) is 48.5 Å². The van der Waals surface area contributed by atoms with Crippen LogP contribution in [0.4, 0.5) is 0 Å². The van der Waals surface area contributed by atoms with Gasteiger partial charge in [0, 0.05) is 0 Å². The third-order valence-electron chi connectivity index (χ3n) is 3.48. The van der Waals surface area contributed by atoms with E-state index in [1.807, 2.05) is 13.8 Å². The molecule has 0 spiro atoms. The van der Waals surface area contributed by atoms with Gasteiger partial charge in [-0.05, 0) is 49.7 Å². The molecule has 0 unspecified atom stereocenters. The minimum atomic E-state index is -3.50. The molecule has 0 aromatic heterocycles. The topological polar surface area (TPSA) is 69.7 Å². The highest BCUT2D eigenvalue weighted by atomic mass is 32.2. The maximum atomic E-state index is 12.2. The van der Waals surface area contributed by atoms with Crippen LogP contribution < -0.4 is 9.47 Å². The highest BCUT2D eigenvalue weighted by molar-refractivity contribution is 7.91. The van der Waals surface area contributed by atoms with Crippen LogP contribution in [0, 0.1) is 6.92 Å². The van der Waals surface area contributed by atoms with E-state index in [2.05, 4.69) is 0 Å². The average Bonchev–Trinajstić information content (AvgIpc) is 2.60. The van der Waals surface area contributed by atoms with Crippen LogP contribution in [0.5, 0.6) is 11.5 Å². The summed E-state index contributed by atoms with van der Waals surface area (Å²) < 4.78 is 35.1. The van der Waals surface area contributed by atoms with Crippen molar-refractivity contribution in [1.29, 1.82) is 0 Å². The van der Waals surface area contributed by atoms with Crippen LogP contribution in [0.25, 0.3) is 0 Å². The number of hydrogen-bond acceptors (Lipinski definition) is 5. The number of aryl methyl sites for hydroxylation is 1. The summed E-state index contributed by atoms with van der Waals surface area (Å²) in [5, 5.41) is 0. The Morgan fingerprint density at radius 2 is 1.56 bits per heavy atom. The Morgan fingerprint density at radius 1 is 0.960 bits per heavy atom. The van der Waals surface area contributed by atoms with E-state index in [-0.39, 0.29) is 17.1 Å². The Bertz CT molecular complexity index is 793. The van der Waals surface area contributed by atoms with Gasteiger partial charge in [0.05, 0.1) is 23.7 Å². The van der Waals surface area contributed by atoms with E-state index < -0.39 is 15.8 Å². The second-order valence-corrected chi connectivity index (χ2v) is 7.79. The number of carbonyl (C=O) groups is 1. The SMILES string of the molecule is CCCOc1ccc(OC(=O)CCS(=O)(=O)c2ccc(C)cc2)cc1. The fourth-order valence-corrected chi connectivity index (χ4v) is 3.31. The van der Waals surface area contributed by atoms with Crippen molar-refractivity contribution in [2.24, 2.45) is 0 Å². The normalized spacial score (nSPS) is 11.1. The van der Waals surface area contributed by atoms with Gasteiger partial charge < -0.3 is 9.47 Å². The predicted molar refractivity (Wildman–Crippen MR) is 95.7 cm³/mol. The first-order chi connectivity index (χ1) is 11.9. The van der Waals surface area contributed by atoms with Crippen molar-refractivity contribution in [1.82, 2.24) is 0 Å². The molecular weight excluding hydrogens is 340 g/mol. The van der Waals surface area contributed by atoms with Crippen LogP contribution in [0.1, 0.15) is 25.3 Å². The molecule has 0 aliphatic carbocycles. The molecule has 0 saturated carbocycles. The van der Waals surface area contributed by atoms with E-state index in [9.17, 15) is 13.2 Å². The number of benzene rings is 2. The van der Waals surface area contributed by atoms with Crippen molar-refractivity contribution in [3.05, 3.63) is 54.1 Å². The molecular formula is C19H22O5S. The van der Waals surface area contributed by atoms with E-state index in [1.165, 1.54) is 0 Å². The van der Waals surface area contributed by atoms with Crippen LogP contribution in [-0.2, 0) is 14.6 Å². The lowest BCUT2D eigenvalue weighted by Crippen LogP contribution is -2.15. The number of ether oxygens (including phenoxy) is 2. The van der Waals surface area contributed by atoms with Gasteiger partial charge in [-0.1, -0.05) is 24.6 Å². The molecule has 0 heterocycles. The summed E-state index contributed by atoms with van der Waals surface area (Å²) in [6.07, 6.45) is 0.705. The Labute approximate surface area is 148 Å². The lowest BCUT2D eigenvalue weighted by molar-refractivity contribution is -0.133. The Kier molecular flexibility index (Phi) is 6.58. The van der Waals surface area contributed by atoms with Crippen molar-refractivity contribution >= 4 is 15.8 Å². The smallest absolute Gasteiger partial charge is 0.312 e. The standard InChI is InChI=1S/C19H22O5S/c1-3-13-23-16-6-8-17(9-7-16)24-19(20)12-14-25(21,22)18-10-4-15(2)5-11-18/h4-11H,3,12-14H2,1-2H3. The third kappa shape index (κ3) is 5.90. The summed E-state index contributed by atoms with van der Waals surface area (Å²) in [6.45, 7) is 4.52. The van der Waals surface area contributed by atoms with Gasteiger partial charge in [0.2, 0.25) is 0 Å². The minimum Gasteiger partial charge on any atom is -0.494 e. The summed E-state index contributed by atoms with van der Waals surface area (Å²) in [4.78, 5) is 12.1. The molecule has 0 atom stereocenters. The lowest BCUT2D eigenvalue weighted by atomic mass is 10.2. The molecule has 0 N–H and O–H groups in total. The summed E-state index contributed by atoms with van der Waals surface area (Å²) >= 11 is 0. The molecule has 2 rings (SSSR count). The molecule has 0 saturated heterocycles. The van der Waals surface area contributed by atoms with Crippen molar-refractivity contribution in [2.75, 3.05) is 12.4 Å². The number of hydrogen-bond donors (Lipinski definition) is 0. The first-order valence-electron chi connectivity index (χ1n) is 8.13. The number of esters is 1. The first kappa shape index (κ1) is 19.0. The molecule has 0 aliphatic rings. The van der Waals surface area contributed by atoms with Crippen LogP contribution in [0.15, 0.2) is 53.4 Å². The third-order valence-corrected chi connectivity index (χ3v) is 5.22. The lowest BCUT2D eigenvalue weighted by Gasteiger charge is -2.07. The molecule has 0 bridgehead atoms. The first-order valence-corrected chi connectivity index (χ1v) is 9.79.